The Labute approximate surface area is 117 Å². The van der Waals surface area contributed by atoms with Crippen LogP contribution in [0.25, 0.3) is 0 Å². The Morgan fingerprint density at radius 3 is 2.53 bits per heavy atom. The molecule has 0 aromatic carbocycles. The maximum atomic E-state index is 7.04. The Balaban J connectivity index is 2.85. The Morgan fingerprint density at radius 2 is 2.11 bits per heavy atom. The molecular formula is C18H25N. The minimum absolute atomic E-state index is 0.169. The summed E-state index contributed by atoms with van der Waals surface area (Å²) in [6.07, 6.45) is 15.1. The molecule has 1 heteroatoms. The van der Waals surface area contributed by atoms with Gasteiger partial charge in [-0.15, -0.1) is 0 Å². The van der Waals surface area contributed by atoms with Gasteiger partial charge in [0.15, 0.2) is 0 Å². The van der Waals surface area contributed by atoms with Crippen molar-refractivity contribution in [1.82, 2.24) is 0 Å². The summed E-state index contributed by atoms with van der Waals surface area (Å²) in [6.45, 7) is 12.6. The zero-order valence-corrected chi connectivity index (χ0v) is 12.5. The van der Waals surface area contributed by atoms with Gasteiger partial charge in [0.1, 0.15) is 0 Å². The van der Waals surface area contributed by atoms with Crippen LogP contribution in [0, 0.1) is 16.7 Å². The molecule has 0 heterocycles. The summed E-state index contributed by atoms with van der Waals surface area (Å²) >= 11 is 0. The molecule has 102 valence electrons. The molecule has 0 amide bonds. The number of hydrogen-bond acceptors (Lipinski definition) is 1. The highest BCUT2D eigenvalue weighted by Gasteiger charge is 2.36. The van der Waals surface area contributed by atoms with E-state index in [1.165, 1.54) is 11.8 Å². The zero-order chi connectivity index (χ0) is 14.5. The zero-order valence-electron chi connectivity index (χ0n) is 12.5. The Bertz CT molecular complexity index is 474. The van der Waals surface area contributed by atoms with Crippen LogP contribution in [0.4, 0.5) is 0 Å². The first-order valence-corrected chi connectivity index (χ1v) is 6.80. The van der Waals surface area contributed by atoms with Gasteiger partial charge < -0.3 is 5.41 Å². The molecule has 1 rings (SSSR count). The van der Waals surface area contributed by atoms with Crippen molar-refractivity contribution in [2.24, 2.45) is 11.3 Å². The van der Waals surface area contributed by atoms with Gasteiger partial charge in [0.25, 0.3) is 0 Å². The van der Waals surface area contributed by atoms with Crippen molar-refractivity contribution in [3.05, 3.63) is 59.8 Å². The van der Waals surface area contributed by atoms with Crippen molar-refractivity contribution >= 4 is 6.21 Å². The second-order valence-corrected chi connectivity index (χ2v) is 5.63. The Kier molecular flexibility index (Phi) is 5.29. The van der Waals surface area contributed by atoms with Gasteiger partial charge in [0, 0.05) is 11.6 Å². The third kappa shape index (κ3) is 3.92. The number of allylic oxidation sites excluding steroid dienone is 9. The molecule has 0 bridgehead atoms. The lowest BCUT2D eigenvalue weighted by molar-refractivity contribution is 0.342. The Hall–Kier alpha value is -1.63. The lowest BCUT2D eigenvalue weighted by atomic mass is 9.63. The van der Waals surface area contributed by atoms with Crippen molar-refractivity contribution in [3.63, 3.8) is 0 Å². The van der Waals surface area contributed by atoms with Gasteiger partial charge in [-0.25, -0.2) is 0 Å². The second kappa shape index (κ2) is 6.51. The monoisotopic (exact) mass is 255 g/mol. The molecule has 0 spiro atoms. The molecule has 1 N–H and O–H groups in total. The molecule has 0 fully saturated rings. The molecule has 0 saturated carbocycles. The molecule has 1 aliphatic carbocycles. The first kappa shape index (κ1) is 15.4. The van der Waals surface area contributed by atoms with Crippen LogP contribution in [0.2, 0.25) is 0 Å². The maximum absolute atomic E-state index is 7.04. The van der Waals surface area contributed by atoms with E-state index in [0.717, 1.165) is 17.6 Å². The maximum Gasteiger partial charge on any atom is 0.0180 e. The van der Waals surface area contributed by atoms with E-state index in [2.05, 4.69) is 50.8 Å². The minimum atomic E-state index is 0.169. The summed E-state index contributed by atoms with van der Waals surface area (Å²) in [5.74, 6) is 0.588. The molecule has 19 heavy (non-hydrogen) atoms. The predicted molar refractivity (Wildman–Crippen MR) is 85.6 cm³/mol. The van der Waals surface area contributed by atoms with E-state index in [4.69, 9.17) is 5.41 Å². The lowest BCUT2D eigenvalue weighted by Crippen LogP contribution is -2.31. The van der Waals surface area contributed by atoms with Crippen LogP contribution in [0.5, 0.6) is 0 Å². The summed E-state index contributed by atoms with van der Waals surface area (Å²) < 4.78 is 0. The van der Waals surface area contributed by atoms with Gasteiger partial charge in [0.2, 0.25) is 0 Å². The average molecular weight is 255 g/mol. The summed E-state index contributed by atoms with van der Waals surface area (Å²) in [5.41, 5.74) is 3.78. The van der Waals surface area contributed by atoms with Gasteiger partial charge in [-0.3, -0.25) is 0 Å². The van der Waals surface area contributed by atoms with Crippen molar-refractivity contribution in [2.75, 3.05) is 0 Å². The highest BCUT2D eigenvalue weighted by atomic mass is 14.4. The van der Waals surface area contributed by atoms with Crippen molar-refractivity contribution in [1.29, 1.82) is 5.41 Å². The molecule has 0 aliphatic heterocycles. The van der Waals surface area contributed by atoms with Crippen LogP contribution < -0.4 is 0 Å². The standard InChI is InChI=1S/C18H25N/c1-14(2)13-17(18(5)11-9-16(18)4)8-6-7-15(3)10-12-19/h6-7,9-13,16,19H,1,8H2,2-5H3/b7-6-,15-10-,17-13-,19-12?. The highest BCUT2D eigenvalue weighted by Crippen LogP contribution is 2.46. The number of rotatable bonds is 6. The van der Waals surface area contributed by atoms with Crippen molar-refractivity contribution in [2.45, 2.75) is 34.1 Å². The third-order valence-corrected chi connectivity index (χ3v) is 3.85. The van der Waals surface area contributed by atoms with Gasteiger partial charge in [-0.2, -0.15) is 0 Å². The van der Waals surface area contributed by atoms with Crippen LogP contribution in [-0.4, -0.2) is 6.21 Å². The van der Waals surface area contributed by atoms with E-state index in [1.54, 1.807) is 6.08 Å². The molecule has 0 aromatic heterocycles. The molecule has 2 unspecified atom stereocenters. The Morgan fingerprint density at radius 1 is 1.42 bits per heavy atom. The van der Waals surface area contributed by atoms with Crippen molar-refractivity contribution < 1.29 is 0 Å². The summed E-state index contributed by atoms with van der Waals surface area (Å²) in [5, 5.41) is 7.04. The molecule has 1 aliphatic rings. The molecular weight excluding hydrogens is 230 g/mol. The normalized spacial score (nSPS) is 27.5. The van der Waals surface area contributed by atoms with E-state index in [0.29, 0.717) is 5.92 Å². The summed E-state index contributed by atoms with van der Waals surface area (Å²) in [7, 11) is 0. The van der Waals surface area contributed by atoms with Crippen LogP contribution in [0.15, 0.2) is 59.8 Å². The molecule has 0 saturated heterocycles. The fourth-order valence-electron chi connectivity index (χ4n) is 2.27. The third-order valence-electron chi connectivity index (χ3n) is 3.85. The lowest BCUT2D eigenvalue weighted by Gasteiger charge is -2.41. The first-order valence-electron chi connectivity index (χ1n) is 6.80. The van der Waals surface area contributed by atoms with E-state index in [1.807, 2.05) is 13.8 Å². The highest BCUT2D eigenvalue weighted by molar-refractivity contribution is 5.69. The molecule has 0 radical (unpaired) electrons. The number of hydrogen-bond donors (Lipinski definition) is 1. The SMILES string of the molecule is C=C(C)/C=C(/C/C=C\C(C)=C/C=N)C1(C)C=CC1C. The van der Waals surface area contributed by atoms with E-state index in [9.17, 15) is 0 Å². The van der Waals surface area contributed by atoms with Crippen molar-refractivity contribution in [3.8, 4) is 0 Å². The topological polar surface area (TPSA) is 23.9 Å². The van der Waals surface area contributed by atoms with Gasteiger partial charge in [0.05, 0.1) is 0 Å². The largest absolute Gasteiger partial charge is 0.309 e. The van der Waals surface area contributed by atoms with Crippen LogP contribution in [0.1, 0.15) is 34.1 Å². The predicted octanol–water partition coefficient (Wildman–Crippen LogP) is 5.24. The van der Waals surface area contributed by atoms with Crippen LogP contribution in [-0.2, 0) is 0 Å². The quantitative estimate of drug-likeness (QED) is 0.381. The first-order chi connectivity index (χ1) is 8.90. The minimum Gasteiger partial charge on any atom is -0.309 e. The van der Waals surface area contributed by atoms with Crippen LogP contribution >= 0.6 is 0 Å². The van der Waals surface area contributed by atoms with Crippen LogP contribution in [0.3, 0.4) is 0 Å². The second-order valence-electron chi connectivity index (χ2n) is 5.63. The fourth-order valence-corrected chi connectivity index (χ4v) is 2.27. The number of nitrogens with one attached hydrogen (secondary N) is 1. The summed E-state index contributed by atoms with van der Waals surface area (Å²) in [6, 6.07) is 0. The van der Waals surface area contributed by atoms with E-state index >= 15 is 0 Å². The molecule has 2 atom stereocenters. The van der Waals surface area contributed by atoms with Gasteiger partial charge >= 0.3 is 0 Å². The van der Waals surface area contributed by atoms with E-state index < -0.39 is 0 Å². The average Bonchev–Trinajstić information content (AvgIpc) is 2.34. The molecule has 0 aromatic rings. The molecule has 1 nitrogen and oxygen atoms in total. The smallest absolute Gasteiger partial charge is 0.0180 e. The van der Waals surface area contributed by atoms with Gasteiger partial charge in [-0.1, -0.05) is 62.0 Å². The fraction of sp³-hybridized carbons (Fsp3) is 0.389. The van der Waals surface area contributed by atoms with E-state index in [-0.39, 0.29) is 5.41 Å². The van der Waals surface area contributed by atoms with Gasteiger partial charge in [-0.05, 0) is 37.8 Å². The summed E-state index contributed by atoms with van der Waals surface area (Å²) in [4.78, 5) is 0.